The number of aryl methyl sites for hydroxylation is 1. The van der Waals surface area contributed by atoms with Crippen LogP contribution in [-0.4, -0.2) is 44.9 Å². The Kier molecular flexibility index (Phi) is 11.8. The minimum atomic E-state index is -0.420. The lowest BCUT2D eigenvalue weighted by atomic mass is 9.97. The fourth-order valence-electron chi connectivity index (χ4n) is 3.28. The molecule has 0 aliphatic rings. The summed E-state index contributed by atoms with van der Waals surface area (Å²) in [5, 5.41) is 7.78. The van der Waals surface area contributed by atoms with Crippen LogP contribution in [0.1, 0.15) is 74.0 Å². The van der Waals surface area contributed by atoms with Crippen molar-refractivity contribution in [3.8, 4) is 0 Å². The minimum Gasteiger partial charge on any atom is -0.343 e. The number of nitrogens with one attached hydrogen (secondary N) is 2. The van der Waals surface area contributed by atoms with Gasteiger partial charge < -0.3 is 10.6 Å². The van der Waals surface area contributed by atoms with Crippen molar-refractivity contribution in [3.05, 3.63) is 70.1 Å². The molecule has 0 saturated heterocycles. The van der Waals surface area contributed by atoms with Crippen molar-refractivity contribution in [1.82, 2.24) is 20.0 Å². The van der Waals surface area contributed by atoms with E-state index in [4.69, 9.17) is 0 Å². The number of aromatic nitrogens is 3. The third-order valence-corrected chi connectivity index (χ3v) is 6.19. The van der Waals surface area contributed by atoms with Gasteiger partial charge in [-0.05, 0) is 43.0 Å². The van der Waals surface area contributed by atoms with Gasteiger partial charge in [0.2, 0.25) is 13.0 Å². The number of hydrogen-bond donors (Lipinski definition) is 2. The molecule has 0 radical (unpaired) electrons. The molecule has 1 unspecified atom stereocenters. The van der Waals surface area contributed by atoms with E-state index in [0.29, 0.717) is 21.5 Å². The van der Waals surface area contributed by atoms with E-state index < -0.39 is 5.91 Å². The Balaban J connectivity index is 0.000000456. The molecule has 9 nitrogen and oxygen atoms in total. The first-order valence-corrected chi connectivity index (χ1v) is 12.8. The molecule has 2 amide bonds. The second kappa shape index (κ2) is 14.8. The highest BCUT2D eigenvalue weighted by Crippen LogP contribution is 2.28. The van der Waals surface area contributed by atoms with Crippen LogP contribution in [0.5, 0.6) is 0 Å². The van der Waals surface area contributed by atoms with Crippen LogP contribution in [-0.2, 0) is 11.2 Å². The first-order chi connectivity index (χ1) is 16.9. The SMILES string of the molecule is CCCCC(CC)c1csc(NC(=O)CNC(=O)c2ccn([N+](C)=O)c2)n1.CCc1ccncc1. The molecule has 0 aliphatic heterocycles. The molecule has 0 spiro atoms. The Labute approximate surface area is 210 Å². The minimum absolute atomic E-state index is 0.167. The number of nitroso groups, excluding NO2 is 1. The third-order valence-electron chi connectivity index (χ3n) is 5.42. The number of thiazole rings is 1. The van der Waals surface area contributed by atoms with Crippen molar-refractivity contribution < 1.29 is 14.5 Å². The van der Waals surface area contributed by atoms with E-state index >= 15 is 0 Å². The lowest BCUT2D eigenvalue weighted by molar-refractivity contribution is -0.578. The summed E-state index contributed by atoms with van der Waals surface area (Å²) < 4.78 is 1.23. The average molecular weight is 500 g/mol. The summed E-state index contributed by atoms with van der Waals surface area (Å²) in [6, 6.07) is 5.57. The Morgan fingerprint density at radius 1 is 1.17 bits per heavy atom. The number of rotatable bonds is 11. The van der Waals surface area contributed by atoms with Crippen molar-refractivity contribution in [2.45, 2.75) is 58.8 Å². The Morgan fingerprint density at radius 3 is 2.49 bits per heavy atom. The molecule has 35 heavy (non-hydrogen) atoms. The van der Waals surface area contributed by atoms with E-state index in [1.807, 2.05) is 29.9 Å². The zero-order chi connectivity index (χ0) is 25.6. The third kappa shape index (κ3) is 9.40. The lowest BCUT2D eigenvalue weighted by Gasteiger charge is -2.11. The molecule has 3 rings (SSSR count). The van der Waals surface area contributed by atoms with Crippen LogP contribution in [0, 0.1) is 4.91 Å². The van der Waals surface area contributed by atoms with E-state index in [1.54, 1.807) is 0 Å². The number of anilines is 1. The van der Waals surface area contributed by atoms with Crippen LogP contribution in [0.25, 0.3) is 0 Å². The fraction of sp³-hybridized carbons (Fsp3) is 0.440. The Hall–Kier alpha value is -3.40. The van der Waals surface area contributed by atoms with Gasteiger partial charge in [0.15, 0.2) is 5.13 Å². The number of carbonyl (C=O) groups excluding carboxylic acids is 2. The van der Waals surface area contributed by atoms with Gasteiger partial charge in [0, 0.05) is 23.7 Å². The van der Waals surface area contributed by atoms with E-state index in [-0.39, 0.29) is 12.5 Å². The Morgan fingerprint density at radius 2 is 1.91 bits per heavy atom. The molecule has 2 N–H and O–H groups in total. The molecule has 0 fully saturated rings. The molecular weight excluding hydrogens is 464 g/mol. The van der Waals surface area contributed by atoms with Crippen molar-refractivity contribution in [3.63, 3.8) is 0 Å². The van der Waals surface area contributed by atoms with Crippen LogP contribution in [0.4, 0.5) is 5.13 Å². The number of amides is 2. The van der Waals surface area contributed by atoms with Gasteiger partial charge in [0.25, 0.3) is 5.91 Å². The van der Waals surface area contributed by atoms with E-state index in [2.05, 4.69) is 41.4 Å². The van der Waals surface area contributed by atoms with Crippen LogP contribution in [0.2, 0.25) is 0 Å². The second-order valence-corrected chi connectivity index (χ2v) is 8.87. The number of nitrogens with zero attached hydrogens (tertiary/aromatic N) is 4. The normalized spacial score (nSPS) is 11.2. The molecule has 0 aliphatic carbocycles. The largest absolute Gasteiger partial charge is 0.343 e. The molecule has 3 aromatic rings. The highest BCUT2D eigenvalue weighted by Gasteiger charge is 2.16. The van der Waals surface area contributed by atoms with E-state index in [9.17, 15) is 14.5 Å². The van der Waals surface area contributed by atoms with Crippen molar-refractivity contribution in [1.29, 1.82) is 0 Å². The van der Waals surface area contributed by atoms with Gasteiger partial charge in [-0.3, -0.25) is 14.6 Å². The maximum Gasteiger partial charge on any atom is 0.253 e. The predicted molar refractivity (Wildman–Crippen MR) is 139 cm³/mol. The summed E-state index contributed by atoms with van der Waals surface area (Å²) >= 11 is 1.39. The maximum atomic E-state index is 12.1. The molecule has 1 atom stereocenters. The fourth-order valence-corrected chi connectivity index (χ4v) is 4.09. The van der Waals surface area contributed by atoms with Crippen LogP contribution >= 0.6 is 11.3 Å². The van der Waals surface area contributed by atoms with Crippen molar-refractivity contribution in [2.75, 3.05) is 18.9 Å². The monoisotopic (exact) mass is 499 g/mol. The van der Waals surface area contributed by atoms with Crippen LogP contribution in [0.3, 0.4) is 0 Å². The predicted octanol–water partition coefficient (Wildman–Crippen LogP) is 4.81. The molecule has 3 heterocycles. The summed E-state index contributed by atoms with van der Waals surface area (Å²) in [4.78, 5) is 44.2. The maximum absolute atomic E-state index is 12.1. The second-order valence-electron chi connectivity index (χ2n) is 8.01. The number of pyridine rings is 1. The summed E-state index contributed by atoms with van der Waals surface area (Å²) in [5.74, 6) is -0.350. The van der Waals surface area contributed by atoms with Crippen LogP contribution < -0.4 is 10.6 Å². The number of carbonyl (C=O) groups is 2. The van der Waals surface area contributed by atoms with E-state index in [1.165, 1.54) is 47.1 Å². The first kappa shape index (κ1) is 27.8. The molecule has 10 heteroatoms. The summed E-state index contributed by atoms with van der Waals surface area (Å²) in [6.45, 7) is 6.28. The summed E-state index contributed by atoms with van der Waals surface area (Å²) in [5.41, 5.74) is 2.67. The van der Waals surface area contributed by atoms with Crippen LogP contribution in [0.15, 0.2) is 48.4 Å². The average Bonchev–Trinajstić information content (AvgIpc) is 3.54. The zero-order valence-corrected chi connectivity index (χ0v) is 21.7. The Bertz CT molecular complexity index is 1080. The lowest BCUT2D eigenvalue weighted by Crippen LogP contribution is -2.32. The number of unbranched alkanes of at least 4 members (excludes halogenated alkanes) is 1. The highest BCUT2D eigenvalue weighted by molar-refractivity contribution is 7.13. The quantitative estimate of drug-likeness (QED) is 0.368. The molecule has 3 aromatic heterocycles. The molecular formula is C25H35N6O3S+. The van der Waals surface area contributed by atoms with Gasteiger partial charge in [-0.2, -0.15) is 0 Å². The van der Waals surface area contributed by atoms with Gasteiger partial charge in [-0.1, -0.05) is 38.3 Å². The van der Waals surface area contributed by atoms with Gasteiger partial charge in [-0.25, -0.2) is 4.98 Å². The highest BCUT2D eigenvalue weighted by atomic mass is 32.1. The smallest absolute Gasteiger partial charge is 0.253 e. The molecule has 188 valence electrons. The zero-order valence-electron chi connectivity index (χ0n) is 20.9. The summed E-state index contributed by atoms with van der Waals surface area (Å²) in [7, 11) is 1.32. The van der Waals surface area contributed by atoms with Gasteiger partial charge >= 0.3 is 0 Å². The van der Waals surface area contributed by atoms with Crippen molar-refractivity contribution >= 4 is 28.3 Å². The van der Waals surface area contributed by atoms with Crippen molar-refractivity contribution in [2.24, 2.45) is 0 Å². The van der Waals surface area contributed by atoms with Gasteiger partial charge in [0.1, 0.15) is 4.87 Å². The van der Waals surface area contributed by atoms with Gasteiger partial charge in [-0.15, -0.1) is 11.3 Å². The topological polar surface area (TPSA) is 109 Å². The molecule has 0 bridgehead atoms. The molecule has 0 aromatic carbocycles. The first-order valence-electron chi connectivity index (χ1n) is 11.9. The molecule has 0 saturated carbocycles. The number of hydrogen-bond acceptors (Lipinski definition) is 6. The van der Waals surface area contributed by atoms with E-state index in [0.717, 1.165) is 37.8 Å². The summed E-state index contributed by atoms with van der Waals surface area (Å²) in [6.07, 6.45) is 12.0. The standard InChI is InChI=1S/C18H25N5O3S.C7H9N/c1-4-6-7-13(5-2)15-12-27-18(20-15)21-16(24)10-19-17(25)14-8-9-23(11-14)22(3)26;1-2-7-3-5-8-6-4-7/h8-9,11-13H,4-7,10H2,1-3H3,(H-,19,20,21,24,25);3-6H,2H2,1H3/p+1. The van der Waals surface area contributed by atoms with Gasteiger partial charge in [0.05, 0.1) is 35.1 Å².